The van der Waals surface area contributed by atoms with Crippen molar-refractivity contribution in [2.45, 2.75) is 20.3 Å². The Bertz CT molecular complexity index is 345. The van der Waals surface area contributed by atoms with Gasteiger partial charge in [-0.1, -0.05) is 13.8 Å². The summed E-state index contributed by atoms with van der Waals surface area (Å²) in [7, 11) is 1.83. The maximum atomic E-state index is 11.6. The molecule has 0 saturated carbocycles. The number of aromatic nitrogens is 2. The van der Waals surface area contributed by atoms with E-state index in [1.165, 1.54) is 0 Å². The zero-order chi connectivity index (χ0) is 11.4. The Morgan fingerprint density at radius 3 is 2.93 bits per heavy atom. The summed E-state index contributed by atoms with van der Waals surface area (Å²) in [4.78, 5) is 11.6. The van der Waals surface area contributed by atoms with E-state index in [2.05, 4.69) is 10.4 Å². The van der Waals surface area contributed by atoms with Crippen LogP contribution in [-0.4, -0.2) is 22.2 Å². The number of nitrogens with one attached hydrogen (secondary N) is 1. The van der Waals surface area contributed by atoms with Crippen LogP contribution in [0.25, 0.3) is 0 Å². The molecule has 0 aliphatic rings. The van der Waals surface area contributed by atoms with Gasteiger partial charge in [0.05, 0.1) is 11.4 Å². The van der Waals surface area contributed by atoms with Gasteiger partial charge in [0.1, 0.15) is 0 Å². The fourth-order valence-electron chi connectivity index (χ4n) is 1.26. The van der Waals surface area contributed by atoms with Crippen molar-refractivity contribution in [1.82, 2.24) is 9.78 Å². The van der Waals surface area contributed by atoms with Gasteiger partial charge in [0.15, 0.2) is 0 Å². The molecule has 15 heavy (non-hydrogen) atoms. The van der Waals surface area contributed by atoms with Crippen molar-refractivity contribution in [2.24, 2.45) is 18.7 Å². The molecule has 84 valence electrons. The van der Waals surface area contributed by atoms with Crippen molar-refractivity contribution in [3.8, 4) is 0 Å². The van der Waals surface area contributed by atoms with Gasteiger partial charge in [-0.05, 0) is 6.42 Å². The second-order valence-corrected chi connectivity index (χ2v) is 3.64. The molecule has 1 aromatic heterocycles. The van der Waals surface area contributed by atoms with Crippen LogP contribution in [0.5, 0.6) is 0 Å². The molecule has 1 aromatic rings. The topological polar surface area (TPSA) is 72.9 Å². The lowest BCUT2D eigenvalue weighted by Gasteiger charge is -2.08. The number of aryl methyl sites for hydroxylation is 2. The predicted octanol–water partition coefficient (Wildman–Crippen LogP) is 0.516. The van der Waals surface area contributed by atoms with E-state index in [0.29, 0.717) is 6.54 Å². The molecule has 0 fully saturated rings. The van der Waals surface area contributed by atoms with E-state index in [0.717, 1.165) is 17.8 Å². The molecule has 0 aliphatic carbocycles. The molecule has 1 atom stereocenters. The summed E-state index contributed by atoms with van der Waals surface area (Å²) in [6, 6.07) is 0. The fourth-order valence-corrected chi connectivity index (χ4v) is 1.26. The van der Waals surface area contributed by atoms with Crippen molar-refractivity contribution in [3.05, 3.63) is 11.9 Å². The molecule has 1 unspecified atom stereocenters. The highest BCUT2D eigenvalue weighted by atomic mass is 16.1. The van der Waals surface area contributed by atoms with Gasteiger partial charge in [-0.3, -0.25) is 9.48 Å². The summed E-state index contributed by atoms with van der Waals surface area (Å²) in [6.07, 6.45) is 2.60. The monoisotopic (exact) mass is 210 g/mol. The maximum absolute atomic E-state index is 11.6. The zero-order valence-corrected chi connectivity index (χ0v) is 9.45. The van der Waals surface area contributed by atoms with Gasteiger partial charge in [0.25, 0.3) is 0 Å². The third-order valence-electron chi connectivity index (χ3n) is 2.30. The van der Waals surface area contributed by atoms with Gasteiger partial charge in [-0.25, -0.2) is 0 Å². The van der Waals surface area contributed by atoms with Crippen LogP contribution in [0.1, 0.15) is 19.5 Å². The third kappa shape index (κ3) is 2.79. The standard InChI is InChI=1S/C10H18N4O/c1-4-8-9(6-14(3)13-8)12-10(15)7(2)5-11/h6-7H,4-5,11H2,1-3H3,(H,12,15). The Balaban J connectivity index is 2.75. The summed E-state index contributed by atoms with van der Waals surface area (Å²) < 4.78 is 1.70. The minimum atomic E-state index is -0.171. The quantitative estimate of drug-likeness (QED) is 0.760. The van der Waals surface area contributed by atoms with Gasteiger partial charge in [-0.2, -0.15) is 5.10 Å². The van der Waals surface area contributed by atoms with Gasteiger partial charge >= 0.3 is 0 Å². The highest BCUT2D eigenvalue weighted by Gasteiger charge is 2.14. The first-order valence-electron chi connectivity index (χ1n) is 5.12. The van der Waals surface area contributed by atoms with E-state index in [1.807, 2.05) is 14.0 Å². The number of hydrogen-bond donors (Lipinski definition) is 2. The average Bonchev–Trinajstić information content (AvgIpc) is 2.57. The van der Waals surface area contributed by atoms with E-state index in [4.69, 9.17) is 5.73 Å². The van der Waals surface area contributed by atoms with Gasteiger partial charge in [-0.15, -0.1) is 0 Å². The number of nitrogens with zero attached hydrogens (tertiary/aromatic N) is 2. The van der Waals surface area contributed by atoms with E-state index < -0.39 is 0 Å². The Morgan fingerprint density at radius 2 is 2.40 bits per heavy atom. The number of hydrogen-bond acceptors (Lipinski definition) is 3. The van der Waals surface area contributed by atoms with Gasteiger partial charge < -0.3 is 11.1 Å². The molecule has 1 heterocycles. The van der Waals surface area contributed by atoms with Crippen LogP contribution in [0.4, 0.5) is 5.69 Å². The summed E-state index contributed by atoms with van der Waals surface area (Å²) in [5, 5.41) is 7.07. The van der Waals surface area contributed by atoms with Crippen LogP contribution in [0.15, 0.2) is 6.20 Å². The summed E-state index contributed by atoms with van der Waals surface area (Å²) in [5.41, 5.74) is 7.10. The summed E-state index contributed by atoms with van der Waals surface area (Å²) in [6.45, 7) is 4.16. The van der Waals surface area contributed by atoms with Crippen molar-refractivity contribution in [3.63, 3.8) is 0 Å². The Labute approximate surface area is 89.6 Å². The van der Waals surface area contributed by atoms with Crippen molar-refractivity contribution < 1.29 is 4.79 Å². The second-order valence-electron chi connectivity index (χ2n) is 3.64. The maximum Gasteiger partial charge on any atom is 0.228 e. The van der Waals surface area contributed by atoms with E-state index >= 15 is 0 Å². The average molecular weight is 210 g/mol. The molecule has 0 aromatic carbocycles. The molecule has 0 saturated heterocycles. The van der Waals surface area contributed by atoms with E-state index in [1.54, 1.807) is 17.8 Å². The molecule has 5 nitrogen and oxygen atoms in total. The number of amides is 1. The van der Waals surface area contributed by atoms with Crippen molar-refractivity contribution in [2.75, 3.05) is 11.9 Å². The predicted molar refractivity (Wildman–Crippen MR) is 59.4 cm³/mol. The van der Waals surface area contributed by atoms with Crippen LogP contribution < -0.4 is 11.1 Å². The van der Waals surface area contributed by atoms with Gasteiger partial charge in [0, 0.05) is 25.7 Å². The normalized spacial score (nSPS) is 12.5. The van der Waals surface area contributed by atoms with Gasteiger partial charge in [0.2, 0.25) is 5.91 Å². The van der Waals surface area contributed by atoms with Crippen LogP contribution >= 0.6 is 0 Å². The first kappa shape index (κ1) is 11.7. The molecule has 1 amide bonds. The molecular formula is C10H18N4O. The Morgan fingerprint density at radius 1 is 1.73 bits per heavy atom. The van der Waals surface area contributed by atoms with Crippen LogP contribution in [0.3, 0.4) is 0 Å². The Hall–Kier alpha value is -1.36. The number of rotatable bonds is 4. The molecule has 0 radical (unpaired) electrons. The minimum absolute atomic E-state index is 0.0554. The van der Waals surface area contributed by atoms with E-state index in [-0.39, 0.29) is 11.8 Å². The number of nitrogens with two attached hydrogens (primary N) is 1. The van der Waals surface area contributed by atoms with Crippen molar-refractivity contribution >= 4 is 11.6 Å². The Kier molecular flexibility index (Phi) is 3.85. The fraction of sp³-hybridized carbons (Fsp3) is 0.600. The summed E-state index contributed by atoms with van der Waals surface area (Å²) >= 11 is 0. The molecule has 5 heteroatoms. The van der Waals surface area contributed by atoms with E-state index in [9.17, 15) is 4.79 Å². The molecule has 3 N–H and O–H groups in total. The van der Waals surface area contributed by atoms with Crippen LogP contribution in [0, 0.1) is 5.92 Å². The molecule has 0 aliphatic heterocycles. The smallest absolute Gasteiger partial charge is 0.228 e. The molecular weight excluding hydrogens is 192 g/mol. The van der Waals surface area contributed by atoms with Crippen LogP contribution in [-0.2, 0) is 18.3 Å². The summed E-state index contributed by atoms with van der Waals surface area (Å²) in [5.74, 6) is -0.227. The lowest BCUT2D eigenvalue weighted by Crippen LogP contribution is -2.26. The third-order valence-corrected chi connectivity index (χ3v) is 2.30. The highest BCUT2D eigenvalue weighted by molar-refractivity contribution is 5.92. The first-order valence-corrected chi connectivity index (χ1v) is 5.12. The second kappa shape index (κ2) is 4.93. The molecule has 0 spiro atoms. The lowest BCUT2D eigenvalue weighted by molar-refractivity contribution is -0.119. The number of anilines is 1. The largest absolute Gasteiger partial charge is 0.330 e. The SMILES string of the molecule is CCc1nn(C)cc1NC(=O)C(C)CN. The minimum Gasteiger partial charge on any atom is -0.330 e. The molecule has 0 bridgehead atoms. The lowest BCUT2D eigenvalue weighted by atomic mass is 10.1. The van der Waals surface area contributed by atoms with Crippen LogP contribution in [0.2, 0.25) is 0 Å². The number of carbonyl (C=O) groups is 1. The highest BCUT2D eigenvalue weighted by Crippen LogP contribution is 2.14. The molecule has 1 rings (SSSR count). The zero-order valence-electron chi connectivity index (χ0n) is 9.45. The number of carbonyl (C=O) groups excluding carboxylic acids is 1. The van der Waals surface area contributed by atoms with Crippen molar-refractivity contribution in [1.29, 1.82) is 0 Å². The first-order chi connectivity index (χ1) is 7.08.